The van der Waals surface area contributed by atoms with Crippen LogP contribution in [0, 0.1) is 5.92 Å². The monoisotopic (exact) mass is 221 g/mol. The first-order valence-corrected chi connectivity index (χ1v) is 4.89. The van der Waals surface area contributed by atoms with Gasteiger partial charge in [0.15, 0.2) is 0 Å². The van der Waals surface area contributed by atoms with Crippen LogP contribution in [0.4, 0.5) is 4.79 Å². The summed E-state index contributed by atoms with van der Waals surface area (Å²) in [7, 11) is 0. The van der Waals surface area contributed by atoms with Crippen LogP contribution in [0.2, 0.25) is 0 Å². The first-order chi connectivity index (χ1) is 6.57. The van der Waals surface area contributed by atoms with E-state index in [2.05, 4.69) is 27.4 Å². The quantitative estimate of drug-likeness (QED) is 0.409. The number of amides is 1. The molecular formula is C8H15NO4S. The lowest BCUT2D eigenvalue weighted by molar-refractivity contribution is -0.155. The van der Waals surface area contributed by atoms with E-state index in [4.69, 9.17) is 0 Å². The number of thiol groups is 1. The standard InChI is InChI=1S/C8H15NO4S/c1-6(2)7(10)12-5-13-8(11)9-3-4-14/h6,14H,3-5H2,1-2H3,(H,9,11). The molecule has 0 saturated heterocycles. The van der Waals surface area contributed by atoms with Crippen LogP contribution in [-0.2, 0) is 14.3 Å². The molecule has 0 rings (SSSR count). The second-order valence-electron chi connectivity index (χ2n) is 2.82. The predicted molar refractivity (Wildman–Crippen MR) is 54.1 cm³/mol. The number of nitrogens with one attached hydrogen (secondary N) is 1. The third-order valence-electron chi connectivity index (χ3n) is 1.24. The lowest BCUT2D eigenvalue weighted by Gasteiger charge is -2.08. The molecule has 0 aromatic heterocycles. The summed E-state index contributed by atoms with van der Waals surface area (Å²) in [6.45, 7) is 3.46. The van der Waals surface area contributed by atoms with Crippen LogP contribution >= 0.6 is 12.6 Å². The molecule has 0 aliphatic carbocycles. The van der Waals surface area contributed by atoms with Gasteiger partial charge in [0.1, 0.15) is 0 Å². The second kappa shape index (κ2) is 7.49. The van der Waals surface area contributed by atoms with Crippen LogP contribution in [-0.4, -0.2) is 31.2 Å². The van der Waals surface area contributed by atoms with E-state index in [9.17, 15) is 9.59 Å². The number of carbonyl (C=O) groups is 2. The van der Waals surface area contributed by atoms with Crippen LogP contribution in [0.15, 0.2) is 0 Å². The summed E-state index contributed by atoms with van der Waals surface area (Å²) in [6, 6.07) is 0. The minimum absolute atomic E-state index is 0.223. The highest BCUT2D eigenvalue weighted by atomic mass is 32.1. The third-order valence-corrected chi connectivity index (χ3v) is 1.47. The molecule has 0 aromatic carbocycles. The molecule has 0 atom stereocenters. The summed E-state index contributed by atoms with van der Waals surface area (Å²) in [5, 5.41) is 2.41. The van der Waals surface area contributed by atoms with Gasteiger partial charge >= 0.3 is 12.1 Å². The Hall–Kier alpha value is -0.910. The number of alkyl carbamates (subject to hydrolysis) is 1. The van der Waals surface area contributed by atoms with Crippen molar-refractivity contribution in [2.24, 2.45) is 5.92 Å². The van der Waals surface area contributed by atoms with Crippen molar-refractivity contribution in [3.63, 3.8) is 0 Å². The molecule has 0 spiro atoms. The van der Waals surface area contributed by atoms with Gasteiger partial charge in [0, 0.05) is 12.3 Å². The molecule has 1 N–H and O–H groups in total. The van der Waals surface area contributed by atoms with Crippen LogP contribution in [0.3, 0.4) is 0 Å². The maximum Gasteiger partial charge on any atom is 0.410 e. The van der Waals surface area contributed by atoms with Crippen molar-refractivity contribution in [2.75, 3.05) is 19.1 Å². The van der Waals surface area contributed by atoms with Crippen LogP contribution in [0.5, 0.6) is 0 Å². The first-order valence-electron chi connectivity index (χ1n) is 4.26. The number of ether oxygens (including phenoxy) is 2. The fraction of sp³-hybridized carbons (Fsp3) is 0.750. The minimum atomic E-state index is -0.615. The Labute approximate surface area is 88.5 Å². The zero-order valence-corrected chi connectivity index (χ0v) is 9.17. The molecule has 14 heavy (non-hydrogen) atoms. The van der Waals surface area contributed by atoms with Crippen molar-refractivity contribution in [3.05, 3.63) is 0 Å². The molecule has 0 heterocycles. The van der Waals surface area contributed by atoms with Crippen LogP contribution < -0.4 is 5.32 Å². The van der Waals surface area contributed by atoms with Crippen molar-refractivity contribution in [2.45, 2.75) is 13.8 Å². The SMILES string of the molecule is CC(C)C(=O)OCOC(=O)NCCS. The third kappa shape index (κ3) is 6.59. The Morgan fingerprint density at radius 3 is 2.50 bits per heavy atom. The Morgan fingerprint density at radius 1 is 1.36 bits per heavy atom. The zero-order valence-electron chi connectivity index (χ0n) is 8.28. The summed E-state index contributed by atoms with van der Waals surface area (Å²) >= 11 is 3.89. The molecule has 0 unspecified atom stereocenters. The lowest BCUT2D eigenvalue weighted by Crippen LogP contribution is -2.27. The van der Waals surface area contributed by atoms with E-state index in [1.54, 1.807) is 13.8 Å². The highest BCUT2D eigenvalue weighted by Crippen LogP contribution is 1.95. The van der Waals surface area contributed by atoms with Gasteiger partial charge in [0.2, 0.25) is 6.79 Å². The maximum absolute atomic E-state index is 10.9. The normalized spacial score (nSPS) is 9.71. The molecule has 82 valence electrons. The number of hydrogen-bond acceptors (Lipinski definition) is 5. The molecule has 0 aliphatic rings. The highest BCUT2D eigenvalue weighted by molar-refractivity contribution is 7.80. The molecule has 0 radical (unpaired) electrons. The second-order valence-corrected chi connectivity index (χ2v) is 3.27. The summed E-state index contributed by atoms with van der Waals surface area (Å²) in [6.07, 6.45) is -0.615. The van der Waals surface area contributed by atoms with Gasteiger partial charge in [-0.05, 0) is 0 Å². The number of esters is 1. The summed E-state index contributed by atoms with van der Waals surface area (Å²) in [4.78, 5) is 21.7. The van der Waals surface area contributed by atoms with Gasteiger partial charge in [0.25, 0.3) is 0 Å². The van der Waals surface area contributed by atoms with Gasteiger partial charge in [-0.2, -0.15) is 12.6 Å². The van der Waals surface area contributed by atoms with E-state index in [0.717, 1.165) is 0 Å². The van der Waals surface area contributed by atoms with E-state index in [-0.39, 0.29) is 12.7 Å². The van der Waals surface area contributed by atoms with Gasteiger partial charge < -0.3 is 14.8 Å². The average molecular weight is 221 g/mol. The number of rotatable bonds is 5. The largest absolute Gasteiger partial charge is 0.428 e. The van der Waals surface area contributed by atoms with Crippen molar-refractivity contribution in [1.29, 1.82) is 0 Å². The minimum Gasteiger partial charge on any atom is -0.428 e. The summed E-state index contributed by atoms with van der Waals surface area (Å²) in [5.41, 5.74) is 0. The molecule has 0 fully saturated rings. The Balaban J connectivity index is 3.44. The topological polar surface area (TPSA) is 64.6 Å². The first kappa shape index (κ1) is 13.1. The van der Waals surface area contributed by atoms with Crippen molar-refractivity contribution >= 4 is 24.7 Å². The van der Waals surface area contributed by atoms with E-state index in [1.165, 1.54) is 0 Å². The molecule has 5 nitrogen and oxygen atoms in total. The molecule has 6 heteroatoms. The molecular weight excluding hydrogens is 206 g/mol. The van der Waals surface area contributed by atoms with Crippen LogP contribution in [0.1, 0.15) is 13.8 Å². The number of carbonyl (C=O) groups excluding carboxylic acids is 2. The van der Waals surface area contributed by atoms with Gasteiger partial charge in [-0.15, -0.1) is 0 Å². The predicted octanol–water partition coefficient (Wildman–Crippen LogP) is 0.799. The Kier molecular flexibility index (Phi) is 7.00. The van der Waals surface area contributed by atoms with Gasteiger partial charge in [-0.1, -0.05) is 13.8 Å². The fourth-order valence-corrected chi connectivity index (χ4v) is 0.629. The van der Waals surface area contributed by atoms with E-state index in [1.807, 2.05) is 0 Å². The average Bonchev–Trinajstić information content (AvgIpc) is 2.14. The highest BCUT2D eigenvalue weighted by Gasteiger charge is 2.08. The van der Waals surface area contributed by atoms with Crippen molar-refractivity contribution in [1.82, 2.24) is 5.32 Å². The van der Waals surface area contributed by atoms with Gasteiger partial charge in [0.05, 0.1) is 5.92 Å². The Bertz CT molecular complexity index is 196. The molecule has 1 amide bonds. The van der Waals surface area contributed by atoms with Crippen molar-refractivity contribution in [3.8, 4) is 0 Å². The molecule has 0 aromatic rings. The van der Waals surface area contributed by atoms with Crippen molar-refractivity contribution < 1.29 is 19.1 Å². The van der Waals surface area contributed by atoms with E-state index < -0.39 is 12.1 Å². The van der Waals surface area contributed by atoms with E-state index >= 15 is 0 Å². The lowest BCUT2D eigenvalue weighted by atomic mass is 10.2. The molecule has 0 saturated carbocycles. The van der Waals surface area contributed by atoms with E-state index in [0.29, 0.717) is 12.3 Å². The fourth-order valence-electron chi connectivity index (χ4n) is 0.517. The summed E-state index contributed by atoms with van der Waals surface area (Å²) in [5.74, 6) is -0.0907. The summed E-state index contributed by atoms with van der Waals surface area (Å²) < 4.78 is 9.15. The Morgan fingerprint density at radius 2 is 2.00 bits per heavy atom. The molecule has 0 bridgehead atoms. The molecule has 0 aliphatic heterocycles. The smallest absolute Gasteiger partial charge is 0.410 e. The zero-order chi connectivity index (χ0) is 11.0. The van der Waals surface area contributed by atoms with Gasteiger partial charge in [-0.3, -0.25) is 4.79 Å². The maximum atomic E-state index is 10.9. The van der Waals surface area contributed by atoms with Crippen LogP contribution in [0.25, 0.3) is 0 Å². The number of hydrogen-bond donors (Lipinski definition) is 2. The van der Waals surface area contributed by atoms with Gasteiger partial charge in [-0.25, -0.2) is 4.79 Å².